The second-order valence-corrected chi connectivity index (χ2v) is 6.76. The minimum atomic E-state index is -0.725. The summed E-state index contributed by atoms with van der Waals surface area (Å²) in [5.41, 5.74) is 4.26. The maximum absolute atomic E-state index is 10.4. The van der Waals surface area contributed by atoms with E-state index in [0.717, 1.165) is 12.3 Å². The Morgan fingerprint density at radius 2 is 1.62 bits per heavy atom. The van der Waals surface area contributed by atoms with Crippen LogP contribution in [0.2, 0.25) is 0 Å². The lowest BCUT2D eigenvalue weighted by atomic mass is 9.79. The van der Waals surface area contributed by atoms with Crippen LogP contribution in [0.4, 0.5) is 4.79 Å². The van der Waals surface area contributed by atoms with Crippen LogP contribution >= 0.6 is 0 Å². The van der Waals surface area contributed by atoms with Crippen molar-refractivity contribution in [1.82, 2.24) is 0 Å². The van der Waals surface area contributed by atoms with Gasteiger partial charge >= 0.3 is 12.1 Å². The van der Waals surface area contributed by atoms with Gasteiger partial charge in [0.2, 0.25) is 0 Å². The molecule has 0 spiro atoms. The predicted octanol–water partition coefficient (Wildman–Crippen LogP) is 3.95. The number of nitrogens with two attached hydrogens (primary N) is 1. The van der Waals surface area contributed by atoms with Crippen LogP contribution in [0, 0.1) is 11.8 Å². The van der Waals surface area contributed by atoms with Crippen molar-refractivity contribution in [2.45, 2.75) is 78.2 Å². The second kappa shape index (κ2) is 9.64. The number of hydrogen-bond acceptors (Lipinski definition) is 3. The molecule has 1 aliphatic rings. The first-order valence-electron chi connectivity index (χ1n) is 7.84. The number of hydrogen-bond donors (Lipinski definition) is 2. The fraction of sp³-hybridized carbons (Fsp3) is 0.875. The summed E-state index contributed by atoms with van der Waals surface area (Å²) in [6, 6.07) is 0. The summed E-state index contributed by atoms with van der Waals surface area (Å²) in [5.74, 6) is 0.970. The molecule has 0 heterocycles. The van der Waals surface area contributed by atoms with Crippen molar-refractivity contribution in [3.63, 3.8) is 0 Å². The van der Waals surface area contributed by atoms with Crippen LogP contribution in [0.5, 0.6) is 0 Å². The molecular weight excluding hydrogens is 270 g/mol. The first-order chi connectivity index (χ1) is 9.64. The van der Waals surface area contributed by atoms with Crippen LogP contribution in [-0.2, 0) is 9.53 Å². The predicted molar refractivity (Wildman–Crippen MR) is 83.0 cm³/mol. The van der Waals surface area contributed by atoms with Crippen molar-refractivity contribution < 1.29 is 19.4 Å². The number of primary amides is 1. The number of amides is 1. The van der Waals surface area contributed by atoms with Crippen LogP contribution in [0.3, 0.4) is 0 Å². The van der Waals surface area contributed by atoms with Crippen molar-refractivity contribution in [2.75, 3.05) is 0 Å². The minimum Gasteiger partial charge on any atom is -0.481 e. The van der Waals surface area contributed by atoms with E-state index < -0.39 is 17.7 Å². The number of carbonyl (C=O) groups is 2. The third kappa shape index (κ3) is 12.2. The zero-order valence-electron chi connectivity index (χ0n) is 13.9. The first kappa shape index (κ1) is 19.7. The molecule has 1 fully saturated rings. The zero-order chi connectivity index (χ0) is 16.5. The topological polar surface area (TPSA) is 89.6 Å². The van der Waals surface area contributed by atoms with Gasteiger partial charge in [0.25, 0.3) is 0 Å². The van der Waals surface area contributed by atoms with Gasteiger partial charge in [-0.3, -0.25) is 4.79 Å². The molecule has 0 atom stereocenters. The number of carboxylic acid groups (broad SMARTS) is 1. The maximum Gasteiger partial charge on any atom is 0.405 e. The molecule has 0 saturated heterocycles. The van der Waals surface area contributed by atoms with Gasteiger partial charge in [0, 0.05) is 6.42 Å². The number of carbonyl (C=O) groups excluding carboxylic acids is 1. The van der Waals surface area contributed by atoms with Crippen LogP contribution in [0.15, 0.2) is 0 Å². The average molecular weight is 301 g/mol. The van der Waals surface area contributed by atoms with Gasteiger partial charge in [0.05, 0.1) is 0 Å². The van der Waals surface area contributed by atoms with E-state index in [0.29, 0.717) is 12.3 Å². The Labute approximate surface area is 128 Å². The third-order valence-electron chi connectivity index (χ3n) is 3.72. The van der Waals surface area contributed by atoms with Gasteiger partial charge in [0.1, 0.15) is 5.60 Å². The minimum absolute atomic E-state index is 0.363. The van der Waals surface area contributed by atoms with Crippen molar-refractivity contribution in [3.05, 3.63) is 0 Å². The molecule has 0 radical (unpaired) electrons. The molecule has 0 aromatic heterocycles. The molecule has 0 aromatic carbocycles. The lowest BCUT2D eigenvalue weighted by molar-refractivity contribution is -0.137. The maximum atomic E-state index is 10.4. The van der Waals surface area contributed by atoms with Gasteiger partial charge in [0.15, 0.2) is 0 Å². The summed E-state index contributed by atoms with van der Waals surface area (Å²) in [7, 11) is 0. The van der Waals surface area contributed by atoms with Crippen LogP contribution in [0.1, 0.15) is 72.6 Å². The number of rotatable bonds is 4. The molecule has 0 aliphatic heterocycles. The Kier molecular flexibility index (Phi) is 9.06. The highest BCUT2D eigenvalue weighted by atomic mass is 16.6. The smallest absolute Gasteiger partial charge is 0.405 e. The molecule has 1 aliphatic carbocycles. The van der Waals surface area contributed by atoms with Crippen molar-refractivity contribution in [1.29, 1.82) is 0 Å². The Balaban J connectivity index is 0.000000433. The van der Waals surface area contributed by atoms with E-state index >= 15 is 0 Å². The Hall–Kier alpha value is -1.26. The summed E-state index contributed by atoms with van der Waals surface area (Å²) in [6.07, 6.45) is 6.98. The first-order valence-corrected chi connectivity index (χ1v) is 7.84. The molecule has 1 amide bonds. The molecule has 124 valence electrons. The Bertz CT molecular complexity index is 315. The highest BCUT2D eigenvalue weighted by Gasteiger charge is 2.20. The molecule has 0 aromatic rings. The van der Waals surface area contributed by atoms with Gasteiger partial charge in [-0.05, 0) is 39.0 Å². The van der Waals surface area contributed by atoms with E-state index in [1.54, 1.807) is 20.8 Å². The highest BCUT2D eigenvalue weighted by Crippen LogP contribution is 2.32. The fourth-order valence-corrected chi connectivity index (χ4v) is 2.56. The van der Waals surface area contributed by atoms with Crippen molar-refractivity contribution >= 4 is 12.1 Å². The summed E-state index contributed by atoms with van der Waals surface area (Å²) in [6.45, 7) is 7.54. The second-order valence-electron chi connectivity index (χ2n) is 6.76. The van der Waals surface area contributed by atoms with Crippen molar-refractivity contribution in [2.24, 2.45) is 17.6 Å². The molecule has 0 unspecified atom stereocenters. The lowest BCUT2D eigenvalue weighted by Crippen LogP contribution is -2.27. The quantitative estimate of drug-likeness (QED) is 0.822. The summed E-state index contributed by atoms with van der Waals surface area (Å²) in [4.78, 5) is 20.4. The largest absolute Gasteiger partial charge is 0.481 e. The van der Waals surface area contributed by atoms with Crippen LogP contribution in [0.25, 0.3) is 0 Å². The molecule has 1 saturated carbocycles. The monoisotopic (exact) mass is 301 g/mol. The zero-order valence-corrected chi connectivity index (χ0v) is 13.9. The van der Waals surface area contributed by atoms with Gasteiger partial charge < -0.3 is 15.6 Å². The van der Waals surface area contributed by atoms with E-state index in [1.807, 2.05) is 0 Å². The molecule has 5 heteroatoms. The Morgan fingerprint density at radius 1 is 1.14 bits per heavy atom. The van der Waals surface area contributed by atoms with Crippen molar-refractivity contribution in [3.8, 4) is 0 Å². The normalized spacial score (nSPS) is 21.9. The van der Waals surface area contributed by atoms with Gasteiger partial charge in [-0.2, -0.15) is 0 Å². The van der Waals surface area contributed by atoms with Crippen LogP contribution < -0.4 is 5.73 Å². The lowest BCUT2D eigenvalue weighted by Gasteiger charge is -2.27. The summed E-state index contributed by atoms with van der Waals surface area (Å²) < 4.78 is 4.58. The standard InChI is InChI=1S/C11H20O2.C5H11NO2/c1-2-9-3-5-10(6-4-9)7-8-11(12)13;1-5(2,3)8-4(6)7/h9-10H,2-8H2,1H3,(H,12,13);1-3H3,(H2,6,7). The van der Waals surface area contributed by atoms with Gasteiger partial charge in [-0.15, -0.1) is 0 Å². The molecule has 21 heavy (non-hydrogen) atoms. The van der Waals surface area contributed by atoms with E-state index in [9.17, 15) is 9.59 Å². The highest BCUT2D eigenvalue weighted by molar-refractivity contribution is 5.66. The molecule has 1 rings (SSSR count). The Morgan fingerprint density at radius 3 is 1.90 bits per heavy atom. The number of aliphatic carboxylic acids is 1. The number of carboxylic acids is 1. The summed E-state index contributed by atoms with van der Waals surface area (Å²) in [5, 5.41) is 8.54. The van der Waals surface area contributed by atoms with Gasteiger partial charge in [-0.1, -0.05) is 39.0 Å². The fourth-order valence-electron chi connectivity index (χ4n) is 2.56. The van der Waals surface area contributed by atoms with E-state index in [2.05, 4.69) is 11.7 Å². The SMILES string of the molecule is CC(C)(C)OC(N)=O.CCC1CCC(CCC(=O)O)CC1. The molecule has 3 N–H and O–H groups in total. The van der Waals surface area contributed by atoms with E-state index in [-0.39, 0.29) is 0 Å². The molecule has 5 nitrogen and oxygen atoms in total. The van der Waals surface area contributed by atoms with E-state index in [1.165, 1.54) is 32.1 Å². The summed E-state index contributed by atoms with van der Waals surface area (Å²) >= 11 is 0. The van der Waals surface area contributed by atoms with Gasteiger partial charge in [-0.25, -0.2) is 4.79 Å². The van der Waals surface area contributed by atoms with Crippen LogP contribution in [-0.4, -0.2) is 22.8 Å². The van der Waals surface area contributed by atoms with E-state index in [4.69, 9.17) is 10.8 Å². The molecule has 0 bridgehead atoms. The average Bonchev–Trinajstić information content (AvgIpc) is 2.34. The third-order valence-corrected chi connectivity index (χ3v) is 3.72. The molecular formula is C16H31NO4. The number of ether oxygens (including phenoxy) is 1.